The van der Waals surface area contributed by atoms with Gasteiger partial charge in [-0.05, 0) is 50.6 Å². The smallest absolute Gasteiger partial charge is 0.410 e. The van der Waals surface area contributed by atoms with E-state index in [9.17, 15) is 18.0 Å². The summed E-state index contributed by atoms with van der Waals surface area (Å²) in [4.78, 5) is 28.8. The Labute approximate surface area is 206 Å². The van der Waals surface area contributed by atoms with Crippen molar-refractivity contribution < 1.29 is 32.2 Å². The number of piperazine rings is 1. The van der Waals surface area contributed by atoms with Crippen molar-refractivity contribution in [2.45, 2.75) is 43.9 Å². The van der Waals surface area contributed by atoms with Crippen LogP contribution in [0, 0.1) is 0 Å². The molecule has 2 amide bonds. The van der Waals surface area contributed by atoms with Crippen molar-refractivity contribution in [1.82, 2.24) is 9.80 Å². The second kappa shape index (κ2) is 11.0. The highest BCUT2D eigenvalue weighted by Gasteiger charge is 2.36. The summed E-state index contributed by atoms with van der Waals surface area (Å²) in [5.74, 6) is 0.449. The van der Waals surface area contributed by atoms with E-state index in [2.05, 4.69) is 0 Å². The summed E-state index contributed by atoms with van der Waals surface area (Å²) in [6.07, 6.45) is 0.172. The van der Waals surface area contributed by atoms with Gasteiger partial charge in [-0.2, -0.15) is 0 Å². The van der Waals surface area contributed by atoms with Gasteiger partial charge in [0, 0.05) is 25.9 Å². The highest BCUT2D eigenvalue weighted by Crippen LogP contribution is 2.20. The molecule has 1 atom stereocenters. The van der Waals surface area contributed by atoms with Gasteiger partial charge in [-0.25, -0.2) is 18.0 Å². The first-order valence-corrected chi connectivity index (χ1v) is 13.2. The van der Waals surface area contributed by atoms with Crippen molar-refractivity contribution in [3.63, 3.8) is 0 Å². The molecule has 1 fully saturated rings. The number of carbonyl (C=O) groups is 2. The summed E-state index contributed by atoms with van der Waals surface area (Å²) < 4.78 is 40.2. The Morgan fingerprint density at radius 3 is 2.23 bits per heavy atom. The van der Waals surface area contributed by atoms with Gasteiger partial charge in [-0.15, -0.1) is 0 Å². The van der Waals surface area contributed by atoms with Crippen molar-refractivity contribution in [3.05, 3.63) is 60.2 Å². The zero-order valence-electron chi connectivity index (χ0n) is 20.5. The maximum Gasteiger partial charge on any atom is 0.410 e. The molecule has 0 bridgehead atoms. The summed E-state index contributed by atoms with van der Waals surface area (Å²) in [6, 6.07) is 14.9. The monoisotopic (exact) mass is 504 g/mol. The normalized spacial score (nSPS) is 16.5. The molecule has 1 aliphatic rings. The van der Waals surface area contributed by atoms with Crippen LogP contribution in [0.5, 0.6) is 5.75 Å². The van der Waals surface area contributed by atoms with E-state index in [1.54, 1.807) is 42.7 Å². The van der Waals surface area contributed by atoms with E-state index in [-0.39, 0.29) is 31.2 Å². The lowest BCUT2D eigenvalue weighted by Gasteiger charge is -2.40. The molecule has 2 aromatic carbocycles. The van der Waals surface area contributed by atoms with Crippen molar-refractivity contribution in [2.24, 2.45) is 0 Å². The number of hydrogen-bond acceptors (Lipinski definition) is 7. The average Bonchev–Trinajstić information content (AvgIpc) is 2.80. The molecule has 190 valence electrons. The third kappa shape index (κ3) is 7.88. The first kappa shape index (κ1) is 26.3. The van der Waals surface area contributed by atoms with Gasteiger partial charge >= 0.3 is 12.2 Å². The zero-order chi connectivity index (χ0) is 25.6. The molecule has 0 N–H and O–H groups in total. The quantitative estimate of drug-likeness (QED) is 0.591. The number of ether oxygens (including phenoxy) is 3. The van der Waals surface area contributed by atoms with Gasteiger partial charge in [0.25, 0.3) is 0 Å². The predicted octanol–water partition coefficient (Wildman–Crippen LogP) is 3.73. The van der Waals surface area contributed by atoms with Crippen molar-refractivity contribution >= 4 is 22.0 Å². The fourth-order valence-electron chi connectivity index (χ4n) is 3.51. The van der Waals surface area contributed by atoms with Crippen LogP contribution in [-0.4, -0.2) is 74.5 Å². The SMILES string of the molecule is CC(C)(C)OC(=O)N1CCN(C(=O)OCc2ccccc2)C[C@H]1COc1ccc(S(C)(=O)=O)cc1. The summed E-state index contributed by atoms with van der Waals surface area (Å²) in [5.41, 5.74) is 0.209. The largest absolute Gasteiger partial charge is 0.491 e. The van der Waals surface area contributed by atoms with Gasteiger partial charge in [0.05, 0.1) is 10.9 Å². The lowest BCUT2D eigenvalue weighted by Crippen LogP contribution is -2.59. The third-order valence-electron chi connectivity index (χ3n) is 5.27. The number of hydrogen-bond donors (Lipinski definition) is 0. The van der Waals surface area contributed by atoms with Crippen LogP contribution < -0.4 is 4.74 Å². The zero-order valence-corrected chi connectivity index (χ0v) is 21.3. The summed E-state index contributed by atoms with van der Waals surface area (Å²) >= 11 is 0. The number of benzene rings is 2. The maximum absolute atomic E-state index is 12.8. The van der Waals surface area contributed by atoms with Gasteiger partial charge in [-0.1, -0.05) is 30.3 Å². The van der Waals surface area contributed by atoms with E-state index in [4.69, 9.17) is 14.2 Å². The molecule has 0 aromatic heterocycles. The average molecular weight is 505 g/mol. The maximum atomic E-state index is 12.8. The van der Waals surface area contributed by atoms with E-state index in [1.807, 2.05) is 30.3 Å². The molecule has 0 saturated carbocycles. The molecule has 0 radical (unpaired) electrons. The minimum atomic E-state index is -3.32. The molecular weight excluding hydrogens is 472 g/mol. The third-order valence-corrected chi connectivity index (χ3v) is 6.40. The number of sulfone groups is 1. The second-order valence-corrected chi connectivity index (χ2v) is 11.4. The summed E-state index contributed by atoms with van der Waals surface area (Å²) in [7, 11) is -3.32. The van der Waals surface area contributed by atoms with E-state index >= 15 is 0 Å². The molecule has 0 spiro atoms. The van der Waals surface area contributed by atoms with E-state index < -0.39 is 33.7 Å². The fourth-order valence-corrected chi connectivity index (χ4v) is 4.14. The van der Waals surface area contributed by atoms with Crippen LogP contribution in [0.15, 0.2) is 59.5 Å². The number of amides is 2. The Balaban J connectivity index is 1.67. The topological polar surface area (TPSA) is 102 Å². The molecule has 1 heterocycles. The van der Waals surface area contributed by atoms with Crippen LogP contribution in [0.25, 0.3) is 0 Å². The van der Waals surface area contributed by atoms with Gasteiger partial charge in [0.1, 0.15) is 24.6 Å². The Bertz CT molecular complexity index is 1110. The predicted molar refractivity (Wildman–Crippen MR) is 130 cm³/mol. The Hall–Kier alpha value is -3.27. The summed E-state index contributed by atoms with van der Waals surface area (Å²) in [5, 5.41) is 0. The van der Waals surface area contributed by atoms with Crippen molar-refractivity contribution in [2.75, 3.05) is 32.5 Å². The second-order valence-electron chi connectivity index (χ2n) is 9.37. The van der Waals surface area contributed by atoms with Crippen LogP contribution in [-0.2, 0) is 25.9 Å². The highest BCUT2D eigenvalue weighted by atomic mass is 32.2. The minimum absolute atomic E-state index is 0.0833. The molecule has 0 unspecified atom stereocenters. The first-order chi connectivity index (χ1) is 16.4. The van der Waals surface area contributed by atoms with Gasteiger partial charge in [0.2, 0.25) is 0 Å². The Morgan fingerprint density at radius 1 is 0.971 bits per heavy atom. The lowest BCUT2D eigenvalue weighted by molar-refractivity contribution is -0.0106. The Kier molecular flexibility index (Phi) is 8.26. The molecular formula is C25H32N2O7S. The lowest BCUT2D eigenvalue weighted by atomic mass is 10.2. The molecule has 0 aliphatic carbocycles. The van der Waals surface area contributed by atoms with Crippen LogP contribution >= 0.6 is 0 Å². The van der Waals surface area contributed by atoms with E-state index in [0.717, 1.165) is 11.8 Å². The minimum Gasteiger partial charge on any atom is -0.491 e. The molecule has 1 aliphatic heterocycles. The number of rotatable bonds is 6. The highest BCUT2D eigenvalue weighted by molar-refractivity contribution is 7.90. The molecule has 10 heteroatoms. The van der Waals surface area contributed by atoms with Crippen molar-refractivity contribution in [3.8, 4) is 5.75 Å². The van der Waals surface area contributed by atoms with Crippen molar-refractivity contribution in [1.29, 1.82) is 0 Å². The first-order valence-electron chi connectivity index (χ1n) is 11.3. The fraction of sp³-hybridized carbons (Fsp3) is 0.440. The molecule has 9 nitrogen and oxygen atoms in total. The molecule has 3 rings (SSSR count). The van der Waals surface area contributed by atoms with E-state index in [0.29, 0.717) is 12.3 Å². The van der Waals surface area contributed by atoms with Crippen LogP contribution in [0.3, 0.4) is 0 Å². The molecule has 35 heavy (non-hydrogen) atoms. The van der Waals surface area contributed by atoms with Crippen LogP contribution in [0.4, 0.5) is 9.59 Å². The van der Waals surface area contributed by atoms with Crippen LogP contribution in [0.1, 0.15) is 26.3 Å². The molecule has 2 aromatic rings. The Morgan fingerprint density at radius 2 is 1.63 bits per heavy atom. The van der Waals surface area contributed by atoms with Crippen LogP contribution in [0.2, 0.25) is 0 Å². The van der Waals surface area contributed by atoms with E-state index in [1.165, 1.54) is 12.1 Å². The number of nitrogens with zero attached hydrogens (tertiary/aromatic N) is 2. The van der Waals surface area contributed by atoms with Gasteiger partial charge < -0.3 is 19.1 Å². The van der Waals surface area contributed by atoms with Gasteiger partial charge in [-0.3, -0.25) is 4.90 Å². The standard InChI is InChI=1S/C25H32N2O7S/c1-25(2,3)34-24(29)27-15-14-26(23(28)33-17-19-8-6-5-7-9-19)16-20(27)18-32-21-10-12-22(13-11-21)35(4,30)31/h5-13,20H,14-18H2,1-4H3/t20-/m0/s1. The van der Waals surface area contributed by atoms with Gasteiger partial charge in [0.15, 0.2) is 9.84 Å². The summed E-state index contributed by atoms with van der Waals surface area (Å²) in [6.45, 7) is 6.36. The number of carbonyl (C=O) groups excluding carboxylic acids is 2. The molecule has 1 saturated heterocycles.